The minimum Gasteiger partial charge on any atom is -0.468 e. The second kappa shape index (κ2) is 20.0. The number of hydrogen-bond acceptors (Lipinski definition) is 4. The van der Waals surface area contributed by atoms with Crippen molar-refractivity contribution in [1.29, 1.82) is 0 Å². The van der Waals surface area contributed by atoms with Gasteiger partial charge in [0.25, 0.3) is 6.71 Å². The van der Waals surface area contributed by atoms with Gasteiger partial charge in [0, 0.05) is 59.7 Å². The van der Waals surface area contributed by atoms with Crippen molar-refractivity contribution >= 4 is 94.4 Å². The molecule has 0 spiro atoms. The number of hydrogen-bond donors (Lipinski definition) is 0. The number of rotatable bonds is 6. The summed E-state index contributed by atoms with van der Waals surface area (Å²) in [5, 5.41) is 3.78. The van der Waals surface area contributed by atoms with Crippen LogP contribution in [0.15, 0.2) is 180 Å². The molecule has 1 atom stereocenters. The highest BCUT2D eigenvalue weighted by Gasteiger charge is 2.52. The zero-order valence-corrected chi connectivity index (χ0v) is 57.3. The van der Waals surface area contributed by atoms with Crippen molar-refractivity contribution < 1.29 is 4.42 Å². The predicted octanol–water partition coefficient (Wildman–Crippen LogP) is 23.3. The molecule has 15 rings (SSSR count). The molecule has 0 N–H and O–H groups in total. The Morgan fingerprint density at radius 1 is 0.467 bits per heavy atom. The Labute approximate surface area is 540 Å². The third kappa shape index (κ3) is 9.23. The van der Waals surface area contributed by atoms with E-state index < -0.39 is 0 Å². The van der Waals surface area contributed by atoms with Crippen molar-refractivity contribution in [3.8, 4) is 22.3 Å². The minimum atomic E-state index is -0.207. The van der Waals surface area contributed by atoms with Gasteiger partial charge in [-0.3, -0.25) is 0 Å². The first kappa shape index (κ1) is 58.8. The SMILES string of the molecule is CC(C)(C)c1ccc(N(c2ccc(C(C)(C)C)cc2)c2ccc3c(c2)C(c2ccc4c(c2)C(C)(C)CCC4(C)C)B2c4oc5cc6c(cc5c4N(c4ccc(C(C)(C)C)cc4-c4ccccc4)c4cc5c(sc7ccccc75)c-3c42)C(C)(C)CCC6(C)C)cc1. The average Bonchev–Trinajstić information content (AvgIpc) is 1.34. The summed E-state index contributed by atoms with van der Waals surface area (Å²) in [6, 6.07) is 69.4. The molecular weight excluding hydrogens is 1110 g/mol. The van der Waals surface area contributed by atoms with Gasteiger partial charge in [-0.2, -0.15) is 0 Å². The highest BCUT2D eigenvalue weighted by molar-refractivity contribution is 7.26. The van der Waals surface area contributed by atoms with Gasteiger partial charge in [-0.25, -0.2) is 0 Å². The molecule has 0 bridgehead atoms. The van der Waals surface area contributed by atoms with E-state index in [-0.39, 0.29) is 50.4 Å². The van der Waals surface area contributed by atoms with Gasteiger partial charge in [-0.05, 0) is 209 Å². The van der Waals surface area contributed by atoms with Gasteiger partial charge in [0.05, 0.1) is 17.0 Å². The van der Waals surface area contributed by atoms with E-state index in [2.05, 4.69) is 303 Å². The Kier molecular flexibility index (Phi) is 13.0. The summed E-state index contributed by atoms with van der Waals surface area (Å²) in [6.07, 6.45) is 4.54. The van der Waals surface area contributed by atoms with E-state index in [4.69, 9.17) is 4.42 Å². The normalized spacial score (nSPS) is 17.9. The van der Waals surface area contributed by atoms with E-state index in [0.29, 0.717) is 0 Å². The lowest BCUT2D eigenvalue weighted by Gasteiger charge is -2.44. The largest absolute Gasteiger partial charge is 0.468 e. The summed E-state index contributed by atoms with van der Waals surface area (Å²) in [5.74, 6) is -0.140. The van der Waals surface area contributed by atoms with Crippen LogP contribution in [0.25, 0.3) is 53.4 Å². The molecule has 2 aliphatic carbocycles. The third-order valence-corrected chi connectivity index (χ3v) is 23.2. The van der Waals surface area contributed by atoms with Crippen molar-refractivity contribution in [2.45, 2.75) is 187 Å². The van der Waals surface area contributed by atoms with E-state index in [1.165, 1.54) is 115 Å². The van der Waals surface area contributed by atoms with E-state index in [1.54, 1.807) is 0 Å². The Hall–Kier alpha value is -7.60. The summed E-state index contributed by atoms with van der Waals surface area (Å²) in [6.45, 7) is 40.5. The van der Waals surface area contributed by atoms with Crippen LogP contribution in [0.3, 0.4) is 0 Å². The standard InChI is InChI=1S/C85H89BN2OS/c1-79(2,3)53-28-33-56(34-29-53)87(57-35-30-54(31-36-57)80(4,5)6)58-37-38-60-62(47-58)74(52-27-39-65-66(45-52)83(12,13)42-41-82(65,10)11)86-75-70(49-63-59-25-21-22-26-72(59)90-77(63)73(60)75)88(69-40-32-55(81(7,8)9)46-61(69)51-23-19-18-20-24-51)76-64-48-67-68(50-71(64)89-78(76)86)85(16,17)44-43-84(67,14)15/h18-40,45-50,74H,41-44H2,1-17H3. The molecule has 5 heteroatoms. The lowest BCUT2D eigenvalue weighted by atomic mass is 9.29. The van der Waals surface area contributed by atoms with E-state index in [1.807, 2.05) is 11.3 Å². The van der Waals surface area contributed by atoms with Gasteiger partial charge < -0.3 is 14.2 Å². The highest BCUT2D eigenvalue weighted by atomic mass is 32.1. The zero-order chi connectivity index (χ0) is 63.1. The van der Waals surface area contributed by atoms with Crippen LogP contribution in [0.4, 0.5) is 34.1 Å². The molecule has 0 saturated carbocycles. The molecule has 90 heavy (non-hydrogen) atoms. The Morgan fingerprint density at radius 2 is 1.01 bits per heavy atom. The quantitative estimate of drug-likeness (QED) is 0.155. The van der Waals surface area contributed by atoms with Crippen molar-refractivity contribution in [1.82, 2.24) is 0 Å². The fourth-order valence-corrected chi connectivity index (χ4v) is 17.5. The highest BCUT2D eigenvalue weighted by Crippen LogP contribution is 2.58. The molecule has 2 aromatic heterocycles. The fourth-order valence-electron chi connectivity index (χ4n) is 16.3. The lowest BCUT2D eigenvalue weighted by Crippen LogP contribution is -2.56. The van der Waals surface area contributed by atoms with Crippen LogP contribution < -0.4 is 20.9 Å². The Bertz CT molecular complexity index is 4660. The number of thiophene rings is 1. The molecule has 1 unspecified atom stereocenters. The third-order valence-electron chi connectivity index (χ3n) is 22.0. The molecule has 0 fully saturated rings. The van der Waals surface area contributed by atoms with Crippen molar-refractivity contribution in [2.24, 2.45) is 0 Å². The van der Waals surface area contributed by atoms with Gasteiger partial charge in [0.2, 0.25) is 0 Å². The first-order chi connectivity index (χ1) is 42.5. The lowest BCUT2D eigenvalue weighted by molar-refractivity contribution is 0.331. The van der Waals surface area contributed by atoms with Gasteiger partial charge in [0.1, 0.15) is 5.58 Å². The van der Waals surface area contributed by atoms with Gasteiger partial charge in [-0.1, -0.05) is 221 Å². The van der Waals surface area contributed by atoms with E-state index in [9.17, 15) is 0 Å². The van der Waals surface area contributed by atoms with Crippen molar-refractivity contribution in [3.05, 3.63) is 226 Å². The summed E-state index contributed by atoms with van der Waals surface area (Å²) in [4.78, 5) is 5.22. The number of furan rings is 1. The van der Waals surface area contributed by atoms with Gasteiger partial charge in [-0.15, -0.1) is 11.3 Å². The second-order valence-electron chi connectivity index (χ2n) is 33.0. The molecule has 3 nitrogen and oxygen atoms in total. The molecule has 9 aromatic carbocycles. The zero-order valence-electron chi connectivity index (χ0n) is 56.4. The summed E-state index contributed by atoms with van der Waals surface area (Å²) in [7, 11) is 0. The predicted molar refractivity (Wildman–Crippen MR) is 389 cm³/mol. The molecule has 454 valence electrons. The van der Waals surface area contributed by atoms with Crippen LogP contribution in [-0.4, -0.2) is 6.71 Å². The van der Waals surface area contributed by atoms with Crippen LogP contribution in [0, 0.1) is 0 Å². The number of anilines is 6. The van der Waals surface area contributed by atoms with Crippen LogP contribution in [0.2, 0.25) is 0 Å². The molecule has 0 saturated heterocycles. The molecule has 4 aliphatic rings. The van der Waals surface area contributed by atoms with Gasteiger partial charge >= 0.3 is 0 Å². The minimum absolute atomic E-state index is 0.00932. The number of benzene rings is 9. The fraction of sp³-hybridized carbons (Fsp3) is 0.341. The maximum absolute atomic E-state index is 8.11. The van der Waals surface area contributed by atoms with Crippen LogP contribution >= 0.6 is 11.3 Å². The first-order valence-corrected chi connectivity index (χ1v) is 34.2. The summed E-state index contributed by atoms with van der Waals surface area (Å²) < 4.78 is 10.7. The van der Waals surface area contributed by atoms with Crippen LogP contribution in [0.1, 0.15) is 199 Å². The van der Waals surface area contributed by atoms with Crippen molar-refractivity contribution in [2.75, 3.05) is 9.80 Å². The second-order valence-corrected chi connectivity index (χ2v) is 34.1. The maximum Gasteiger partial charge on any atom is 0.273 e. The monoisotopic (exact) mass is 1200 g/mol. The molecular formula is C85H89BN2OS. The van der Waals surface area contributed by atoms with E-state index in [0.717, 1.165) is 59.7 Å². The topological polar surface area (TPSA) is 19.6 Å². The molecule has 4 heterocycles. The first-order valence-electron chi connectivity index (χ1n) is 33.4. The molecule has 2 aliphatic heterocycles. The van der Waals surface area contributed by atoms with Crippen molar-refractivity contribution in [3.63, 3.8) is 0 Å². The average molecular weight is 1200 g/mol. The molecule has 11 aromatic rings. The molecule has 0 amide bonds. The maximum atomic E-state index is 8.11. The molecule has 0 radical (unpaired) electrons. The Balaban J connectivity index is 1.11. The summed E-state index contributed by atoms with van der Waals surface area (Å²) >= 11 is 1.96. The van der Waals surface area contributed by atoms with Gasteiger partial charge in [0.15, 0.2) is 0 Å². The Morgan fingerprint density at radius 3 is 1.62 bits per heavy atom. The summed E-state index contributed by atoms with van der Waals surface area (Å²) in [5.41, 5.74) is 27.7. The number of nitrogens with zero attached hydrogens (tertiary/aromatic N) is 2. The van der Waals surface area contributed by atoms with E-state index >= 15 is 0 Å². The number of fused-ring (bicyclic) bond motifs is 12. The van der Waals surface area contributed by atoms with Crippen LogP contribution in [-0.2, 0) is 37.9 Å². The smallest absolute Gasteiger partial charge is 0.273 e. The van der Waals surface area contributed by atoms with Crippen LogP contribution in [0.5, 0.6) is 0 Å².